The Morgan fingerprint density at radius 2 is 1.55 bits per heavy atom. The molecule has 0 unspecified atom stereocenters. The first-order chi connectivity index (χ1) is 15.1. The third-order valence-electron chi connectivity index (χ3n) is 6.60. The molecule has 3 rings (SSSR count). The van der Waals surface area contributed by atoms with Gasteiger partial charge < -0.3 is 4.74 Å². The zero-order valence-electron chi connectivity index (χ0n) is 18.8. The highest BCUT2D eigenvalue weighted by Gasteiger charge is 2.21. The number of unbranched alkanes of at least 4 members (excludes halogenated alkanes) is 5. The molecule has 0 heterocycles. The summed E-state index contributed by atoms with van der Waals surface area (Å²) in [6, 6.07) is 11.1. The largest absolute Gasteiger partial charge is 0.490 e. The zero-order valence-corrected chi connectivity index (χ0v) is 18.8. The highest BCUT2D eigenvalue weighted by atomic mass is 19.2. The van der Waals surface area contributed by atoms with Gasteiger partial charge in [0, 0.05) is 5.56 Å². The van der Waals surface area contributed by atoms with Crippen molar-refractivity contribution in [2.24, 2.45) is 5.92 Å². The topological polar surface area (TPSA) is 9.23 Å². The maximum Gasteiger partial charge on any atom is 0.201 e. The summed E-state index contributed by atoms with van der Waals surface area (Å²) in [6.07, 6.45) is 13.5. The van der Waals surface area contributed by atoms with E-state index in [1.165, 1.54) is 44.1 Å². The minimum atomic E-state index is -0.893. The lowest BCUT2D eigenvalue weighted by atomic mass is 9.78. The van der Waals surface area contributed by atoms with E-state index in [-0.39, 0.29) is 11.3 Å². The molecule has 1 saturated carbocycles. The van der Waals surface area contributed by atoms with Gasteiger partial charge >= 0.3 is 0 Å². The van der Waals surface area contributed by atoms with Crippen LogP contribution in [-0.4, -0.2) is 6.61 Å². The first kappa shape index (κ1) is 23.5. The predicted octanol–water partition coefficient (Wildman–Crippen LogP) is 8.83. The van der Waals surface area contributed by atoms with Gasteiger partial charge in [0.25, 0.3) is 0 Å². The summed E-state index contributed by atoms with van der Waals surface area (Å²) in [5, 5.41) is 0. The fourth-order valence-corrected chi connectivity index (χ4v) is 4.55. The summed E-state index contributed by atoms with van der Waals surface area (Å²) in [6.45, 7) is 6.52. The zero-order chi connectivity index (χ0) is 22.1. The van der Waals surface area contributed by atoms with Crippen LogP contribution in [0.25, 0.3) is 11.1 Å². The van der Waals surface area contributed by atoms with Gasteiger partial charge in [0.15, 0.2) is 11.6 Å². The first-order valence-electron chi connectivity index (χ1n) is 12.0. The van der Waals surface area contributed by atoms with Gasteiger partial charge in [-0.05, 0) is 67.2 Å². The Balaban J connectivity index is 1.57. The highest BCUT2D eigenvalue weighted by Crippen LogP contribution is 2.37. The van der Waals surface area contributed by atoms with Crippen molar-refractivity contribution in [1.82, 2.24) is 0 Å². The summed E-state index contributed by atoms with van der Waals surface area (Å²) < 4.78 is 34.8. The Kier molecular flexibility index (Phi) is 9.12. The van der Waals surface area contributed by atoms with Crippen molar-refractivity contribution in [3.63, 3.8) is 0 Å². The minimum Gasteiger partial charge on any atom is -0.490 e. The van der Waals surface area contributed by atoms with E-state index in [4.69, 9.17) is 4.74 Å². The van der Waals surface area contributed by atoms with Gasteiger partial charge in [-0.2, -0.15) is 4.39 Å². The molecule has 1 nitrogen and oxygen atoms in total. The number of rotatable bonds is 11. The SMILES string of the molecule is C=CC1CCC(c2ccc(-c3ccc(OCCCCCCCC)c(F)c3F)cc2)CC1. The standard InChI is InChI=1S/C28H36F2O/c1-3-5-6-7-8-9-20-31-26-19-18-25(27(29)28(26)30)24-16-14-23(15-17-24)22-12-10-21(4-2)11-13-22/h4,14-19,21-22H,2-3,5-13,20H2,1H3. The van der Waals surface area contributed by atoms with Gasteiger partial charge in [0.05, 0.1) is 6.61 Å². The van der Waals surface area contributed by atoms with Crippen molar-refractivity contribution in [3.8, 4) is 16.9 Å². The molecule has 3 heteroatoms. The molecule has 31 heavy (non-hydrogen) atoms. The Labute approximate surface area is 186 Å². The molecule has 2 aromatic rings. The fourth-order valence-electron chi connectivity index (χ4n) is 4.55. The van der Waals surface area contributed by atoms with Crippen LogP contribution in [0.4, 0.5) is 8.78 Å². The van der Waals surface area contributed by atoms with Gasteiger partial charge in [-0.25, -0.2) is 4.39 Å². The van der Waals surface area contributed by atoms with Crippen LogP contribution in [0.15, 0.2) is 49.1 Å². The molecule has 1 aliphatic rings. The van der Waals surface area contributed by atoms with E-state index in [1.807, 2.05) is 12.1 Å². The molecular formula is C28H36F2O. The van der Waals surface area contributed by atoms with Crippen LogP contribution in [0, 0.1) is 17.6 Å². The molecule has 0 atom stereocenters. The molecule has 1 fully saturated rings. The van der Waals surface area contributed by atoms with E-state index < -0.39 is 11.6 Å². The van der Waals surface area contributed by atoms with Crippen LogP contribution in [0.1, 0.15) is 82.6 Å². The first-order valence-corrected chi connectivity index (χ1v) is 12.0. The monoisotopic (exact) mass is 426 g/mol. The maximum atomic E-state index is 14.7. The summed E-state index contributed by atoms with van der Waals surface area (Å²) in [5.41, 5.74) is 2.26. The summed E-state index contributed by atoms with van der Waals surface area (Å²) in [4.78, 5) is 0. The molecular weight excluding hydrogens is 390 g/mol. The molecule has 0 saturated heterocycles. The van der Waals surface area contributed by atoms with Crippen LogP contribution < -0.4 is 4.74 Å². The molecule has 168 valence electrons. The second-order valence-corrected chi connectivity index (χ2v) is 8.82. The van der Waals surface area contributed by atoms with E-state index in [0.29, 0.717) is 24.0 Å². The average molecular weight is 427 g/mol. The second-order valence-electron chi connectivity index (χ2n) is 8.82. The highest BCUT2D eigenvalue weighted by molar-refractivity contribution is 5.65. The van der Waals surface area contributed by atoms with Crippen molar-refractivity contribution >= 4 is 0 Å². The van der Waals surface area contributed by atoms with E-state index in [0.717, 1.165) is 25.7 Å². The number of hydrogen-bond donors (Lipinski definition) is 0. The average Bonchev–Trinajstić information content (AvgIpc) is 2.81. The number of benzene rings is 2. The fraction of sp³-hybridized carbons (Fsp3) is 0.500. The van der Waals surface area contributed by atoms with Crippen LogP contribution >= 0.6 is 0 Å². The van der Waals surface area contributed by atoms with Crippen LogP contribution in [0.3, 0.4) is 0 Å². The van der Waals surface area contributed by atoms with Gasteiger partial charge in [-0.1, -0.05) is 69.4 Å². The van der Waals surface area contributed by atoms with Crippen LogP contribution in [-0.2, 0) is 0 Å². The number of ether oxygens (including phenoxy) is 1. The molecule has 1 aliphatic carbocycles. The lowest BCUT2D eigenvalue weighted by Crippen LogP contribution is -2.11. The van der Waals surface area contributed by atoms with E-state index in [2.05, 4.69) is 31.7 Å². The normalized spacial score (nSPS) is 18.7. The molecule has 0 aromatic heterocycles. The van der Waals surface area contributed by atoms with Gasteiger partial charge in [-0.15, -0.1) is 6.58 Å². The number of hydrogen-bond acceptors (Lipinski definition) is 1. The molecule has 0 spiro atoms. The Hall–Kier alpha value is -2.16. The Morgan fingerprint density at radius 3 is 2.23 bits per heavy atom. The third kappa shape index (κ3) is 6.41. The molecule has 0 amide bonds. The van der Waals surface area contributed by atoms with Gasteiger partial charge in [0.2, 0.25) is 5.82 Å². The van der Waals surface area contributed by atoms with Gasteiger partial charge in [0.1, 0.15) is 0 Å². The van der Waals surface area contributed by atoms with Crippen LogP contribution in [0.5, 0.6) is 5.75 Å². The smallest absolute Gasteiger partial charge is 0.201 e. The lowest BCUT2D eigenvalue weighted by Gasteiger charge is -2.27. The number of halogens is 2. The van der Waals surface area contributed by atoms with E-state index >= 15 is 0 Å². The third-order valence-corrected chi connectivity index (χ3v) is 6.60. The van der Waals surface area contributed by atoms with Crippen molar-refractivity contribution in [1.29, 1.82) is 0 Å². The van der Waals surface area contributed by atoms with Crippen molar-refractivity contribution < 1.29 is 13.5 Å². The second kappa shape index (κ2) is 12.0. The van der Waals surface area contributed by atoms with E-state index in [9.17, 15) is 8.78 Å². The molecule has 0 aliphatic heterocycles. The quantitative estimate of drug-likeness (QED) is 0.257. The van der Waals surface area contributed by atoms with Gasteiger partial charge in [-0.3, -0.25) is 0 Å². The van der Waals surface area contributed by atoms with Crippen LogP contribution in [0.2, 0.25) is 0 Å². The maximum absolute atomic E-state index is 14.7. The van der Waals surface area contributed by atoms with Crippen molar-refractivity contribution in [2.45, 2.75) is 77.0 Å². The predicted molar refractivity (Wildman–Crippen MR) is 126 cm³/mol. The minimum absolute atomic E-state index is 0.00501. The molecule has 0 radical (unpaired) electrons. The molecule has 2 aromatic carbocycles. The summed E-state index contributed by atoms with van der Waals surface area (Å²) in [7, 11) is 0. The van der Waals surface area contributed by atoms with Crippen molar-refractivity contribution in [2.75, 3.05) is 6.61 Å². The Bertz CT molecular complexity index is 820. The molecule has 0 bridgehead atoms. The lowest BCUT2D eigenvalue weighted by molar-refractivity contribution is 0.285. The molecule has 0 N–H and O–H groups in total. The summed E-state index contributed by atoms with van der Waals surface area (Å²) >= 11 is 0. The van der Waals surface area contributed by atoms with Crippen molar-refractivity contribution in [3.05, 3.63) is 66.3 Å². The summed E-state index contributed by atoms with van der Waals surface area (Å²) in [5.74, 6) is -0.542. The van der Waals surface area contributed by atoms with E-state index in [1.54, 1.807) is 12.1 Å². The Morgan fingerprint density at radius 1 is 0.871 bits per heavy atom. The number of allylic oxidation sites excluding steroid dienone is 1.